The molecule has 2 aromatic heterocycles. The van der Waals surface area contributed by atoms with Crippen LogP contribution in [0.2, 0.25) is 10.0 Å². The van der Waals surface area contributed by atoms with Crippen molar-refractivity contribution in [2.24, 2.45) is 0 Å². The molecule has 27 heavy (non-hydrogen) atoms. The van der Waals surface area contributed by atoms with Crippen LogP contribution in [0.5, 0.6) is 0 Å². The predicted octanol–water partition coefficient (Wildman–Crippen LogP) is 4.61. The van der Waals surface area contributed by atoms with E-state index in [2.05, 4.69) is 36.2 Å². The molecule has 1 N–H and O–H groups in total. The van der Waals surface area contributed by atoms with E-state index >= 15 is 0 Å². The summed E-state index contributed by atoms with van der Waals surface area (Å²) in [6.07, 6.45) is 0.612. The maximum Gasteiger partial charge on any atom is 0.270 e. The fourth-order valence-electron chi connectivity index (χ4n) is 2.75. The van der Waals surface area contributed by atoms with Gasteiger partial charge in [0.1, 0.15) is 5.69 Å². The number of nitrogens with one attached hydrogen (secondary N) is 1. The summed E-state index contributed by atoms with van der Waals surface area (Å²) in [5, 5.41) is 8.72. The number of halogens is 2. The van der Waals surface area contributed by atoms with Gasteiger partial charge in [-0.15, -0.1) is 0 Å². The van der Waals surface area contributed by atoms with Crippen molar-refractivity contribution < 1.29 is 4.79 Å². The summed E-state index contributed by atoms with van der Waals surface area (Å²) in [4.78, 5) is 17.2. The number of aromatic nitrogens is 3. The molecule has 7 heteroatoms. The average molecular weight is 405 g/mol. The molecule has 0 fully saturated rings. The van der Waals surface area contributed by atoms with Crippen molar-refractivity contribution in [1.82, 2.24) is 19.9 Å². The van der Waals surface area contributed by atoms with E-state index in [1.165, 1.54) is 0 Å². The van der Waals surface area contributed by atoms with E-state index in [4.69, 9.17) is 23.2 Å². The van der Waals surface area contributed by atoms with Crippen molar-refractivity contribution in [2.75, 3.05) is 6.54 Å². The highest BCUT2D eigenvalue weighted by molar-refractivity contribution is 6.35. The molecule has 0 saturated carbocycles. The second kappa shape index (κ2) is 7.49. The molecule has 0 aliphatic rings. The van der Waals surface area contributed by atoms with Gasteiger partial charge in [-0.25, -0.2) is 9.50 Å². The molecule has 0 saturated heterocycles. The molecule has 1 aromatic carbocycles. The van der Waals surface area contributed by atoms with Crippen molar-refractivity contribution in [3.8, 4) is 0 Å². The normalized spacial score (nSPS) is 11.8. The Balaban J connectivity index is 1.79. The van der Waals surface area contributed by atoms with Gasteiger partial charge in [0, 0.05) is 33.8 Å². The lowest BCUT2D eigenvalue weighted by Gasteiger charge is -2.13. The Bertz CT molecular complexity index is 1010. The van der Waals surface area contributed by atoms with Gasteiger partial charge in [0.2, 0.25) is 0 Å². The molecule has 0 atom stereocenters. The van der Waals surface area contributed by atoms with Gasteiger partial charge >= 0.3 is 0 Å². The number of carbonyl (C=O) groups is 1. The molecule has 3 rings (SSSR count). The second-order valence-electron chi connectivity index (χ2n) is 7.57. The van der Waals surface area contributed by atoms with E-state index < -0.39 is 0 Å². The van der Waals surface area contributed by atoms with Crippen LogP contribution in [0.3, 0.4) is 0 Å². The Labute approximate surface area is 168 Å². The van der Waals surface area contributed by atoms with Crippen LogP contribution in [0.25, 0.3) is 5.65 Å². The van der Waals surface area contributed by atoms with Crippen LogP contribution >= 0.6 is 23.2 Å². The molecule has 1 amide bonds. The largest absolute Gasteiger partial charge is 0.350 e. The molecule has 0 unspecified atom stereocenters. The van der Waals surface area contributed by atoms with Crippen LogP contribution in [0, 0.1) is 6.92 Å². The number of benzene rings is 1. The number of fused-ring (bicyclic) bond motifs is 1. The van der Waals surface area contributed by atoms with E-state index in [-0.39, 0.29) is 11.3 Å². The van der Waals surface area contributed by atoms with Gasteiger partial charge in [-0.3, -0.25) is 4.79 Å². The molecule has 0 radical (unpaired) electrons. The van der Waals surface area contributed by atoms with Gasteiger partial charge in [-0.1, -0.05) is 50.0 Å². The van der Waals surface area contributed by atoms with Crippen molar-refractivity contribution in [3.63, 3.8) is 0 Å². The van der Waals surface area contributed by atoms with Gasteiger partial charge in [-0.2, -0.15) is 5.10 Å². The topological polar surface area (TPSA) is 59.3 Å². The average Bonchev–Trinajstić information content (AvgIpc) is 3.00. The summed E-state index contributed by atoms with van der Waals surface area (Å²) >= 11 is 12.1. The van der Waals surface area contributed by atoms with Crippen LogP contribution in [-0.2, 0) is 11.8 Å². The molecule has 0 bridgehead atoms. The number of hydrogen-bond acceptors (Lipinski definition) is 3. The van der Waals surface area contributed by atoms with Crippen LogP contribution < -0.4 is 5.32 Å². The molecular weight excluding hydrogens is 383 g/mol. The molecule has 0 spiro atoms. The smallest absolute Gasteiger partial charge is 0.270 e. The molecule has 142 valence electrons. The SMILES string of the molecule is Cc1cc(C(=O)NCCc2ccc(Cl)cc2Cl)n2nc(C(C)(C)C)cc2n1. The summed E-state index contributed by atoms with van der Waals surface area (Å²) in [6, 6.07) is 9.04. The second-order valence-corrected chi connectivity index (χ2v) is 8.42. The van der Waals surface area contributed by atoms with Crippen LogP contribution in [-0.4, -0.2) is 27.0 Å². The van der Waals surface area contributed by atoms with Crippen molar-refractivity contribution >= 4 is 34.8 Å². The quantitative estimate of drug-likeness (QED) is 0.690. The number of nitrogens with zero attached hydrogens (tertiary/aromatic N) is 3. The zero-order chi connectivity index (χ0) is 19.8. The van der Waals surface area contributed by atoms with Gasteiger partial charge in [0.05, 0.1) is 5.69 Å². The van der Waals surface area contributed by atoms with E-state index in [0.29, 0.717) is 34.4 Å². The number of amides is 1. The summed E-state index contributed by atoms with van der Waals surface area (Å²) in [5.74, 6) is -0.195. The monoisotopic (exact) mass is 404 g/mol. The first-order valence-electron chi connectivity index (χ1n) is 8.75. The van der Waals surface area contributed by atoms with Crippen molar-refractivity contribution in [2.45, 2.75) is 39.5 Å². The van der Waals surface area contributed by atoms with E-state index in [1.54, 1.807) is 22.7 Å². The van der Waals surface area contributed by atoms with Crippen LogP contribution in [0.1, 0.15) is 48.2 Å². The van der Waals surface area contributed by atoms with Gasteiger partial charge < -0.3 is 5.32 Å². The van der Waals surface area contributed by atoms with Gasteiger partial charge in [0.15, 0.2) is 5.65 Å². The lowest BCUT2D eigenvalue weighted by molar-refractivity contribution is 0.0946. The Morgan fingerprint density at radius 3 is 2.59 bits per heavy atom. The Morgan fingerprint density at radius 2 is 1.93 bits per heavy atom. The summed E-state index contributed by atoms with van der Waals surface area (Å²) < 4.78 is 1.61. The summed E-state index contributed by atoms with van der Waals surface area (Å²) in [5.41, 5.74) is 3.62. The fraction of sp³-hybridized carbons (Fsp3) is 0.350. The van der Waals surface area contributed by atoms with Crippen molar-refractivity contribution in [3.05, 3.63) is 63.0 Å². The van der Waals surface area contributed by atoms with E-state index in [1.807, 2.05) is 19.1 Å². The Hall–Kier alpha value is -2.11. The Kier molecular flexibility index (Phi) is 5.45. The highest BCUT2D eigenvalue weighted by Gasteiger charge is 2.21. The van der Waals surface area contributed by atoms with Crippen molar-refractivity contribution in [1.29, 1.82) is 0 Å². The lowest BCUT2D eigenvalue weighted by Crippen LogP contribution is -2.28. The molecule has 2 heterocycles. The summed E-state index contributed by atoms with van der Waals surface area (Å²) in [6.45, 7) is 8.57. The minimum Gasteiger partial charge on any atom is -0.350 e. The zero-order valence-electron chi connectivity index (χ0n) is 15.8. The first-order valence-corrected chi connectivity index (χ1v) is 9.51. The van der Waals surface area contributed by atoms with Gasteiger partial charge in [0.25, 0.3) is 5.91 Å². The Morgan fingerprint density at radius 1 is 1.19 bits per heavy atom. The predicted molar refractivity (Wildman–Crippen MR) is 109 cm³/mol. The standard InChI is InChI=1S/C20H22Cl2N4O/c1-12-9-16(26-18(24-12)11-17(25-26)20(2,3)4)19(27)23-8-7-13-5-6-14(21)10-15(13)22/h5-6,9-11H,7-8H2,1-4H3,(H,23,27). The number of aryl methyl sites for hydroxylation is 1. The molecule has 5 nitrogen and oxygen atoms in total. The molecule has 0 aliphatic carbocycles. The highest BCUT2D eigenvalue weighted by atomic mass is 35.5. The maximum atomic E-state index is 12.7. The molecule has 0 aliphatic heterocycles. The fourth-order valence-corrected chi connectivity index (χ4v) is 3.26. The van der Waals surface area contributed by atoms with Crippen LogP contribution in [0.15, 0.2) is 30.3 Å². The van der Waals surface area contributed by atoms with Crippen LogP contribution in [0.4, 0.5) is 0 Å². The molecular formula is C20H22Cl2N4O. The lowest BCUT2D eigenvalue weighted by atomic mass is 9.93. The highest BCUT2D eigenvalue weighted by Crippen LogP contribution is 2.23. The van der Waals surface area contributed by atoms with E-state index in [0.717, 1.165) is 17.0 Å². The third-order valence-corrected chi connectivity index (χ3v) is 4.84. The third-order valence-electron chi connectivity index (χ3n) is 4.25. The maximum absolute atomic E-state index is 12.7. The minimum atomic E-state index is -0.195. The zero-order valence-corrected chi connectivity index (χ0v) is 17.3. The minimum absolute atomic E-state index is 0.124. The van der Waals surface area contributed by atoms with Gasteiger partial charge in [-0.05, 0) is 37.1 Å². The first-order chi connectivity index (χ1) is 12.6. The third kappa shape index (κ3) is 4.42. The number of rotatable bonds is 4. The van der Waals surface area contributed by atoms with E-state index in [9.17, 15) is 4.79 Å². The number of carbonyl (C=O) groups excluding carboxylic acids is 1. The summed E-state index contributed by atoms with van der Waals surface area (Å²) in [7, 11) is 0. The first kappa shape index (κ1) is 19.6. The number of hydrogen-bond donors (Lipinski definition) is 1. The molecule has 3 aromatic rings.